The van der Waals surface area contributed by atoms with E-state index >= 15 is 0 Å². The molecule has 0 spiro atoms. The van der Waals surface area contributed by atoms with Crippen molar-refractivity contribution in [3.8, 4) is 11.5 Å². The fourth-order valence-corrected chi connectivity index (χ4v) is 2.18. The number of halogens is 3. The highest BCUT2D eigenvalue weighted by molar-refractivity contribution is 14.1. The van der Waals surface area contributed by atoms with Crippen LogP contribution in [-0.2, 0) is 0 Å². The van der Waals surface area contributed by atoms with E-state index in [2.05, 4.69) is 15.9 Å². The molecule has 18 heavy (non-hydrogen) atoms. The van der Waals surface area contributed by atoms with Gasteiger partial charge >= 0.3 is 0 Å². The molecule has 0 radical (unpaired) electrons. The van der Waals surface area contributed by atoms with Crippen LogP contribution in [0.3, 0.4) is 0 Å². The molecule has 0 amide bonds. The van der Waals surface area contributed by atoms with Crippen molar-refractivity contribution in [3.05, 3.63) is 49.8 Å². The first-order chi connectivity index (χ1) is 8.47. The molecule has 94 valence electrons. The number of ether oxygens (including phenoxy) is 1. The van der Waals surface area contributed by atoms with Gasteiger partial charge in [0.1, 0.15) is 11.6 Å². The van der Waals surface area contributed by atoms with E-state index in [9.17, 15) is 4.39 Å². The number of nitrogen functional groups attached to an aromatic ring is 1. The number of benzene rings is 2. The maximum Gasteiger partial charge on any atom is 0.153 e. The Morgan fingerprint density at radius 1 is 1.28 bits per heavy atom. The Morgan fingerprint density at radius 2 is 2.00 bits per heavy atom. The largest absolute Gasteiger partial charge is 0.455 e. The Hall–Kier alpha value is -0.820. The first-order valence-electron chi connectivity index (χ1n) is 5.16. The molecule has 0 aromatic heterocycles. The van der Waals surface area contributed by atoms with Gasteiger partial charge in [0.2, 0.25) is 0 Å². The van der Waals surface area contributed by atoms with Crippen LogP contribution in [-0.4, -0.2) is 0 Å². The smallest absolute Gasteiger partial charge is 0.153 e. The van der Waals surface area contributed by atoms with Crippen LogP contribution in [0.15, 0.2) is 34.8 Å². The van der Waals surface area contributed by atoms with Crippen molar-refractivity contribution in [2.24, 2.45) is 0 Å². The Morgan fingerprint density at radius 3 is 2.67 bits per heavy atom. The molecule has 2 N–H and O–H groups in total. The highest BCUT2D eigenvalue weighted by Gasteiger charge is 2.08. The summed E-state index contributed by atoms with van der Waals surface area (Å²) in [5, 5.41) is 0. The Balaban J connectivity index is 2.34. The fourth-order valence-electron chi connectivity index (χ4n) is 1.44. The van der Waals surface area contributed by atoms with Crippen LogP contribution in [0.1, 0.15) is 5.56 Å². The summed E-state index contributed by atoms with van der Waals surface area (Å²) < 4.78 is 20.5. The third-order valence-electron chi connectivity index (χ3n) is 2.41. The second kappa shape index (κ2) is 5.44. The van der Waals surface area contributed by atoms with E-state index < -0.39 is 0 Å². The van der Waals surface area contributed by atoms with Gasteiger partial charge in [-0.25, -0.2) is 4.39 Å². The molecule has 5 heteroatoms. The van der Waals surface area contributed by atoms with Crippen LogP contribution in [0.25, 0.3) is 0 Å². The first kappa shape index (κ1) is 13.6. The number of hydrogen-bond acceptors (Lipinski definition) is 2. The predicted molar refractivity (Wildman–Crippen MR) is 82.5 cm³/mol. The number of nitrogens with two attached hydrogens (primary N) is 1. The summed E-state index contributed by atoms with van der Waals surface area (Å²) in [6.07, 6.45) is 0. The molecule has 2 nitrogen and oxygen atoms in total. The highest BCUT2D eigenvalue weighted by Crippen LogP contribution is 2.32. The van der Waals surface area contributed by atoms with Gasteiger partial charge in [-0.1, -0.05) is 15.9 Å². The number of anilines is 1. The molecular formula is C13H10BrFINO. The average molecular weight is 422 g/mol. The third kappa shape index (κ3) is 2.95. The lowest BCUT2D eigenvalue weighted by Crippen LogP contribution is -1.95. The zero-order valence-electron chi connectivity index (χ0n) is 9.51. The van der Waals surface area contributed by atoms with Gasteiger partial charge in [-0.3, -0.25) is 0 Å². The van der Waals surface area contributed by atoms with Crippen molar-refractivity contribution in [2.45, 2.75) is 6.92 Å². The Kier molecular flexibility index (Phi) is 4.11. The molecule has 0 heterocycles. The van der Waals surface area contributed by atoms with Crippen LogP contribution in [0.5, 0.6) is 11.5 Å². The van der Waals surface area contributed by atoms with Crippen molar-refractivity contribution in [1.29, 1.82) is 0 Å². The van der Waals surface area contributed by atoms with Crippen molar-refractivity contribution in [2.75, 3.05) is 5.73 Å². The average Bonchev–Trinajstić information content (AvgIpc) is 2.31. The molecule has 2 rings (SSSR count). The third-order valence-corrected chi connectivity index (χ3v) is 4.13. The van der Waals surface area contributed by atoms with Gasteiger partial charge in [0, 0.05) is 10.5 Å². The molecule has 0 unspecified atom stereocenters. The Labute approximate surface area is 127 Å². The van der Waals surface area contributed by atoms with E-state index in [0.717, 1.165) is 10.0 Å². The summed E-state index contributed by atoms with van der Waals surface area (Å²) in [4.78, 5) is 0. The topological polar surface area (TPSA) is 35.2 Å². The van der Waals surface area contributed by atoms with Crippen LogP contribution in [0.2, 0.25) is 0 Å². The second-order valence-electron chi connectivity index (χ2n) is 3.82. The van der Waals surface area contributed by atoms with Gasteiger partial charge in [-0.05, 0) is 59.3 Å². The molecular weight excluding hydrogens is 412 g/mol. The minimum atomic E-state index is -0.339. The predicted octanol–water partition coefficient (Wildman–Crippen LogP) is 4.88. The number of rotatable bonds is 2. The zero-order chi connectivity index (χ0) is 13.3. The second-order valence-corrected chi connectivity index (χ2v) is 5.83. The summed E-state index contributed by atoms with van der Waals surface area (Å²) >= 11 is 5.30. The Bertz CT molecular complexity index is 604. The van der Waals surface area contributed by atoms with Gasteiger partial charge in [0.05, 0.1) is 9.26 Å². The highest BCUT2D eigenvalue weighted by atomic mass is 127. The molecule has 0 atom stereocenters. The lowest BCUT2D eigenvalue weighted by molar-refractivity contribution is 0.478. The normalized spacial score (nSPS) is 10.4. The SMILES string of the molecule is Cc1cc(Oc2cc(F)c(I)cc2N)ccc1Br. The minimum Gasteiger partial charge on any atom is -0.455 e. The lowest BCUT2D eigenvalue weighted by atomic mass is 10.2. The molecule has 2 aromatic rings. The summed E-state index contributed by atoms with van der Waals surface area (Å²) in [5.74, 6) is 0.617. The molecule has 0 fully saturated rings. The summed E-state index contributed by atoms with van der Waals surface area (Å²) in [7, 11) is 0. The van der Waals surface area contributed by atoms with Crippen molar-refractivity contribution in [1.82, 2.24) is 0 Å². The monoisotopic (exact) mass is 421 g/mol. The molecule has 2 aromatic carbocycles. The van der Waals surface area contributed by atoms with E-state index in [1.54, 1.807) is 12.1 Å². The molecule has 0 bridgehead atoms. The van der Waals surface area contributed by atoms with E-state index in [1.165, 1.54) is 6.07 Å². The van der Waals surface area contributed by atoms with Gasteiger partial charge in [-0.15, -0.1) is 0 Å². The van der Waals surface area contributed by atoms with Crippen molar-refractivity contribution in [3.63, 3.8) is 0 Å². The van der Waals surface area contributed by atoms with E-state index in [4.69, 9.17) is 10.5 Å². The molecule has 0 aliphatic heterocycles. The number of aryl methyl sites for hydroxylation is 1. The fraction of sp³-hybridized carbons (Fsp3) is 0.0769. The summed E-state index contributed by atoms with van der Waals surface area (Å²) in [5.41, 5.74) is 7.26. The van der Waals surface area contributed by atoms with Crippen LogP contribution < -0.4 is 10.5 Å². The lowest BCUT2D eigenvalue weighted by Gasteiger charge is -2.10. The van der Waals surface area contributed by atoms with E-state index in [-0.39, 0.29) is 5.82 Å². The standard InChI is InChI=1S/C13H10BrFINO/c1-7-4-8(2-3-9(7)14)18-13-5-10(15)11(16)6-12(13)17/h2-6H,17H2,1H3. The summed E-state index contributed by atoms with van der Waals surface area (Å²) in [6.45, 7) is 1.95. The van der Waals surface area contributed by atoms with Gasteiger partial charge in [0.25, 0.3) is 0 Å². The van der Waals surface area contributed by atoms with Gasteiger partial charge in [0.15, 0.2) is 5.75 Å². The maximum absolute atomic E-state index is 13.5. The van der Waals surface area contributed by atoms with E-state index in [1.807, 2.05) is 41.6 Å². The number of hydrogen-bond donors (Lipinski definition) is 1. The molecule has 0 saturated carbocycles. The quantitative estimate of drug-likeness (QED) is 0.554. The van der Waals surface area contributed by atoms with Gasteiger partial charge < -0.3 is 10.5 Å². The minimum absolute atomic E-state index is 0.328. The molecule has 0 saturated heterocycles. The van der Waals surface area contributed by atoms with Crippen LogP contribution in [0, 0.1) is 16.3 Å². The zero-order valence-corrected chi connectivity index (χ0v) is 13.2. The van der Waals surface area contributed by atoms with Crippen LogP contribution in [0.4, 0.5) is 10.1 Å². The van der Waals surface area contributed by atoms with Crippen LogP contribution >= 0.6 is 38.5 Å². The van der Waals surface area contributed by atoms with Crippen molar-refractivity contribution < 1.29 is 9.13 Å². The molecule has 0 aliphatic rings. The first-order valence-corrected chi connectivity index (χ1v) is 7.03. The van der Waals surface area contributed by atoms with E-state index in [0.29, 0.717) is 20.8 Å². The summed E-state index contributed by atoms with van der Waals surface area (Å²) in [6, 6.07) is 8.39. The molecule has 0 aliphatic carbocycles. The maximum atomic E-state index is 13.5. The van der Waals surface area contributed by atoms with Crippen molar-refractivity contribution >= 4 is 44.2 Å². The van der Waals surface area contributed by atoms with Gasteiger partial charge in [-0.2, -0.15) is 0 Å².